The molecule has 114 valence electrons. The Hall–Kier alpha value is -1.06. The molecule has 0 radical (unpaired) electrons. The summed E-state index contributed by atoms with van der Waals surface area (Å²) in [5.41, 5.74) is -1.41. The van der Waals surface area contributed by atoms with Gasteiger partial charge < -0.3 is 9.47 Å². The van der Waals surface area contributed by atoms with Gasteiger partial charge in [-0.25, -0.2) is 0 Å². The second-order valence-corrected chi connectivity index (χ2v) is 6.44. The fourth-order valence-electron chi connectivity index (χ4n) is 4.72. The van der Waals surface area contributed by atoms with Crippen LogP contribution in [0.5, 0.6) is 0 Å². The molecule has 2 fully saturated rings. The standard InChI is InChI=1S/C16H26O4/c1-5-19-13(17)16(14(18)20-6-2)10-11(3)12-8-7-9-15(12,16)4/h11-12H,5-10H2,1-4H3/t11-,12+,15+/m1/s1. The van der Waals surface area contributed by atoms with Gasteiger partial charge in [0.2, 0.25) is 0 Å². The molecule has 0 aromatic rings. The molecule has 0 amide bonds. The average molecular weight is 282 g/mol. The minimum atomic E-state index is -1.10. The fourth-order valence-corrected chi connectivity index (χ4v) is 4.72. The molecule has 0 aromatic heterocycles. The topological polar surface area (TPSA) is 52.6 Å². The summed E-state index contributed by atoms with van der Waals surface area (Å²) in [6.07, 6.45) is 3.63. The van der Waals surface area contributed by atoms with Gasteiger partial charge >= 0.3 is 11.9 Å². The smallest absolute Gasteiger partial charge is 0.324 e. The van der Waals surface area contributed by atoms with Crippen LogP contribution in [0.2, 0.25) is 0 Å². The van der Waals surface area contributed by atoms with Gasteiger partial charge in [-0.15, -0.1) is 0 Å². The van der Waals surface area contributed by atoms with Gasteiger partial charge in [0, 0.05) is 0 Å². The molecule has 0 heterocycles. The van der Waals surface area contributed by atoms with Crippen molar-refractivity contribution < 1.29 is 19.1 Å². The summed E-state index contributed by atoms with van der Waals surface area (Å²) in [6, 6.07) is 0. The van der Waals surface area contributed by atoms with Gasteiger partial charge in [0.25, 0.3) is 0 Å². The van der Waals surface area contributed by atoms with E-state index in [0.29, 0.717) is 31.5 Å². The molecule has 2 saturated carbocycles. The van der Waals surface area contributed by atoms with Crippen molar-refractivity contribution in [2.24, 2.45) is 22.7 Å². The predicted molar refractivity (Wildman–Crippen MR) is 74.9 cm³/mol. The molecule has 0 unspecified atom stereocenters. The van der Waals surface area contributed by atoms with Crippen molar-refractivity contribution in [2.45, 2.75) is 53.4 Å². The van der Waals surface area contributed by atoms with E-state index in [9.17, 15) is 9.59 Å². The molecule has 0 spiro atoms. The maximum absolute atomic E-state index is 12.7. The minimum Gasteiger partial charge on any atom is -0.465 e. The highest BCUT2D eigenvalue weighted by Gasteiger charge is 2.70. The molecule has 0 aliphatic heterocycles. The highest BCUT2D eigenvalue weighted by Crippen LogP contribution is 2.66. The Balaban J connectivity index is 2.46. The number of carbonyl (C=O) groups is 2. The molecule has 2 aliphatic rings. The van der Waals surface area contributed by atoms with E-state index in [0.717, 1.165) is 19.3 Å². The summed E-state index contributed by atoms with van der Waals surface area (Å²) in [7, 11) is 0. The lowest BCUT2D eigenvalue weighted by molar-refractivity contribution is -0.181. The third-order valence-electron chi connectivity index (χ3n) is 5.57. The van der Waals surface area contributed by atoms with Gasteiger partial charge in [-0.05, 0) is 50.4 Å². The van der Waals surface area contributed by atoms with Crippen LogP contribution in [0.3, 0.4) is 0 Å². The molecule has 4 heteroatoms. The Bertz CT molecular complexity index is 385. The number of ether oxygens (including phenoxy) is 2. The molecule has 0 bridgehead atoms. The summed E-state index contributed by atoms with van der Waals surface area (Å²) < 4.78 is 10.6. The quantitative estimate of drug-likeness (QED) is 0.587. The number of esters is 2. The van der Waals surface area contributed by atoms with Gasteiger partial charge in [-0.2, -0.15) is 0 Å². The Morgan fingerprint density at radius 3 is 2.20 bits per heavy atom. The highest BCUT2D eigenvalue weighted by atomic mass is 16.6. The molecule has 0 N–H and O–H groups in total. The maximum atomic E-state index is 12.7. The minimum absolute atomic E-state index is 0.301. The van der Waals surface area contributed by atoms with E-state index >= 15 is 0 Å². The normalized spacial score (nSPS) is 34.6. The van der Waals surface area contributed by atoms with Crippen LogP contribution in [0.15, 0.2) is 0 Å². The van der Waals surface area contributed by atoms with E-state index < -0.39 is 5.41 Å². The summed E-state index contributed by atoms with van der Waals surface area (Å²) in [6.45, 7) is 8.40. The molecule has 2 aliphatic carbocycles. The van der Waals surface area contributed by atoms with Gasteiger partial charge in [-0.3, -0.25) is 9.59 Å². The zero-order valence-electron chi connectivity index (χ0n) is 13.0. The lowest BCUT2D eigenvalue weighted by Crippen LogP contribution is -2.51. The van der Waals surface area contributed by atoms with Crippen molar-refractivity contribution in [3.63, 3.8) is 0 Å². The fraction of sp³-hybridized carbons (Fsp3) is 0.875. The Kier molecular flexibility index (Phi) is 4.12. The van der Waals surface area contributed by atoms with Crippen molar-refractivity contribution in [1.29, 1.82) is 0 Å². The Morgan fingerprint density at radius 2 is 1.70 bits per heavy atom. The summed E-state index contributed by atoms with van der Waals surface area (Å²) >= 11 is 0. The SMILES string of the molecule is CCOC(=O)C1(C(=O)OCC)C[C@@H](C)[C@@H]2CCC[C@@]21C. The zero-order valence-corrected chi connectivity index (χ0v) is 13.0. The predicted octanol–water partition coefficient (Wildman–Crippen LogP) is 2.95. The second-order valence-electron chi connectivity index (χ2n) is 6.44. The number of carbonyl (C=O) groups excluding carboxylic acids is 2. The third-order valence-corrected chi connectivity index (χ3v) is 5.57. The number of hydrogen-bond donors (Lipinski definition) is 0. The summed E-state index contributed by atoms with van der Waals surface area (Å²) in [4.78, 5) is 25.3. The first-order valence-corrected chi connectivity index (χ1v) is 7.78. The summed E-state index contributed by atoms with van der Waals surface area (Å²) in [5.74, 6) is 0.0158. The molecule has 4 nitrogen and oxygen atoms in total. The number of rotatable bonds is 4. The second kappa shape index (κ2) is 5.38. The van der Waals surface area contributed by atoms with E-state index in [2.05, 4.69) is 13.8 Å². The van der Waals surface area contributed by atoms with E-state index in [1.807, 2.05) is 0 Å². The van der Waals surface area contributed by atoms with Crippen LogP contribution < -0.4 is 0 Å². The Labute approximate surface area is 121 Å². The van der Waals surface area contributed by atoms with Crippen molar-refractivity contribution in [1.82, 2.24) is 0 Å². The van der Waals surface area contributed by atoms with E-state index in [1.165, 1.54) is 0 Å². The van der Waals surface area contributed by atoms with Crippen LogP contribution in [0, 0.1) is 22.7 Å². The first kappa shape index (κ1) is 15.3. The van der Waals surface area contributed by atoms with Gasteiger partial charge in [0.15, 0.2) is 5.41 Å². The molecule has 2 rings (SSSR count). The van der Waals surface area contributed by atoms with Crippen LogP contribution in [-0.4, -0.2) is 25.2 Å². The molecule has 0 saturated heterocycles. The maximum Gasteiger partial charge on any atom is 0.324 e. The highest BCUT2D eigenvalue weighted by molar-refractivity contribution is 6.01. The lowest BCUT2D eigenvalue weighted by Gasteiger charge is -2.39. The van der Waals surface area contributed by atoms with Gasteiger partial charge in [0.05, 0.1) is 13.2 Å². The van der Waals surface area contributed by atoms with Crippen LogP contribution >= 0.6 is 0 Å². The van der Waals surface area contributed by atoms with Crippen molar-refractivity contribution >= 4 is 11.9 Å². The molecular formula is C16H26O4. The van der Waals surface area contributed by atoms with Crippen LogP contribution in [-0.2, 0) is 19.1 Å². The van der Waals surface area contributed by atoms with Gasteiger partial charge in [-0.1, -0.05) is 20.3 Å². The first-order chi connectivity index (χ1) is 9.44. The first-order valence-electron chi connectivity index (χ1n) is 7.78. The molecular weight excluding hydrogens is 256 g/mol. The third kappa shape index (κ3) is 1.87. The monoisotopic (exact) mass is 282 g/mol. The van der Waals surface area contributed by atoms with E-state index in [-0.39, 0.29) is 17.4 Å². The molecule has 3 atom stereocenters. The van der Waals surface area contributed by atoms with Crippen molar-refractivity contribution in [3.05, 3.63) is 0 Å². The van der Waals surface area contributed by atoms with Crippen LogP contribution in [0.4, 0.5) is 0 Å². The van der Waals surface area contributed by atoms with Gasteiger partial charge in [0.1, 0.15) is 0 Å². The average Bonchev–Trinajstić information content (AvgIpc) is 2.87. The summed E-state index contributed by atoms with van der Waals surface area (Å²) in [5, 5.41) is 0. The van der Waals surface area contributed by atoms with Crippen molar-refractivity contribution in [2.75, 3.05) is 13.2 Å². The van der Waals surface area contributed by atoms with Crippen LogP contribution in [0.25, 0.3) is 0 Å². The van der Waals surface area contributed by atoms with Crippen molar-refractivity contribution in [3.8, 4) is 0 Å². The van der Waals surface area contributed by atoms with E-state index in [1.54, 1.807) is 13.8 Å². The lowest BCUT2D eigenvalue weighted by atomic mass is 9.64. The van der Waals surface area contributed by atoms with E-state index in [4.69, 9.17) is 9.47 Å². The van der Waals surface area contributed by atoms with Crippen LogP contribution in [0.1, 0.15) is 53.4 Å². The molecule has 0 aromatic carbocycles. The largest absolute Gasteiger partial charge is 0.465 e. The zero-order chi connectivity index (χ0) is 15.0. The molecule has 20 heavy (non-hydrogen) atoms. The number of hydrogen-bond acceptors (Lipinski definition) is 4. The number of fused-ring (bicyclic) bond motifs is 1. The Morgan fingerprint density at radius 1 is 1.15 bits per heavy atom.